The highest BCUT2D eigenvalue weighted by Gasteiger charge is 2.35. The number of carbonyl (C=O) groups excluding carboxylic acids is 1. The van der Waals surface area contributed by atoms with Crippen molar-refractivity contribution < 1.29 is 18.7 Å². The predicted molar refractivity (Wildman–Crippen MR) is 106 cm³/mol. The number of benzene rings is 1. The Kier molecular flexibility index (Phi) is 4.81. The van der Waals surface area contributed by atoms with Crippen molar-refractivity contribution in [2.45, 2.75) is 38.8 Å². The molecule has 3 heterocycles. The lowest BCUT2D eigenvalue weighted by atomic mass is 10.1. The average Bonchev–Trinajstić information content (AvgIpc) is 2.62. The van der Waals surface area contributed by atoms with E-state index in [1.165, 1.54) is 6.33 Å². The van der Waals surface area contributed by atoms with Crippen molar-refractivity contribution in [3.05, 3.63) is 22.7 Å². The maximum Gasteiger partial charge on any atom is 0.410 e. The van der Waals surface area contributed by atoms with E-state index in [2.05, 4.69) is 30.8 Å². The largest absolute Gasteiger partial charge is 0.493 e. The Morgan fingerprint density at radius 2 is 2.14 bits per heavy atom. The molecule has 0 spiro atoms. The molecule has 1 atom stereocenters. The molecule has 1 amide bonds. The molecule has 0 N–H and O–H groups in total. The maximum atomic E-state index is 14.6. The number of halogens is 2. The number of piperazine rings is 1. The van der Waals surface area contributed by atoms with Gasteiger partial charge in [-0.25, -0.2) is 19.2 Å². The van der Waals surface area contributed by atoms with Gasteiger partial charge in [-0.3, -0.25) is 0 Å². The summed E-state index contributed by atoms with van der Waals surface area (Å²) in [5.74, 6) is 0.766. The molecule has 1 aromatic heterocycles. The monoisotopic (exact) mass is 452 g/mol. The summed E-state index contributed by atoms with van der Waals surface area (Å²) in [5.41, 5.74) is -0.314. The normalized spacial score (nSPS) is 19.5. The highest BCUT2D eigenvalue weighted by atomic mass is 79.9. The van der Waals surface area contributed by atoms with Crippen LogP contribution in [0.15, 0.2) is 16.9 Å². The van der Waals surface area contributed by atoms with Gasteiger partial charge in [0.05, 0.1) is 22.5 Å². The standard InChI is InChI=1S/C19H22BrFN4O3/c1-19(2,3)28-18(26)24-5-6-25-11(9-24)4-7-27-13-8-12(20)15(21)16-14(13)17(25)23-10-22-16/h8,10-11H,4-7,9H2,1-3H3. The number of ether oxygens (including phenoxy) is 2. The third kappa shape index (κ3) is 3.47. The zero-order chi connectivity index (χ0) is 20.1. The van der Waals surface area contributed by atoms with Crippen LogP contribution in [0.2, 0.25) is 0 Å². The third-order valence-corrected chi connectivity index (χ3v) is 5.44. The first-order chi connectivity index (χ1) is 13.2. The van der Waals surface area contributed by atoms with Crippen LogP contribution < -0.4 is 9.64 Å². The van der Waals surface area contributed by atoms with Crippen molar-refractivity contribution in [3.8, 4) is 5.75 Å². The van der Waals surface area contributed by atoms with Crippen molar-refractivity contribution in [2.75, 3.05) is 31.1 Å². The summed E-state index contributed by atoms with van der Waals surface area (Å²) in [7, 11) is 0. The number of anilines is 1. The molecule has 0 aliphatic carbocycles. The fraction of sp³-hybridized carbons (Fsp3) is 0.526. The van der Waals surface area contributed by atoms with Gasteiger partial charge in [-0.05, 0) is 42.8 Å². The third-order valence-electron chi connectivity index (χ3n) is 4.86. The molecule has 4 rings (SSSR count). The molecule has 9 heteroatoms. The van der Waals surface area contributed by atoms with Gasteiger partial charge < -0.3 is 19.3 Å². The molecule has 28 heavy (non-hydrogen) atoms. The molecule has 150 valence electrons. The van der Waals surface area contributed by atoms with Crippen LogP contribution in [0.25, 0.3) is 10.9 Å². The molecular formula is C19H22BrFN4O3. The second-order valence-corrected chi connectivity index (χ2v) is 8.86. The minimum absolute atomic E-state index is 0.000716. The first kappa shape index (κ1) is 19.2. The van der Waals surface area contributed by atoms with Gasteiger partial charge in [0.1, 0.15) is 29.0 Å². The first-order valence-electron chi connectivity index (χ1n) is 9.24. The zero-order valence-corrected chi connectivity index (χ0v) is 17.6. The van der Waals surface area contributed by atoms with Crippen molar-refractivity contribution >= 4 is 38.7 Å². The van der Waals surface area contributed by atoms with Crippen LogP contribution in [0.3, 0.4) is 0 Å². The smallest absolute Gasteiger partial charge is 0.410 e. The number of hydrogen-bond donors (Lipinski definition) is 0. The lowest BCUT2D eigenvalue weighted by molar-refractivity contribution is 0.0207. The van der Waals surface area contributed by atoms with Crippen LogP contribution in [0, 0.1) is 5.82 Å². The quantitative estimate of drug-likeness (QED) is 0.606. The summed E-state index contributed by atoms with van der Waals surface area (Å²) in [6.45, 7) is 7.59. The van der Waals surface area contributed by atoms with E-state index in [1.54, 1.807) is 11.0 Å². The number of amides is 1. The van der Waals surface area contributed by atoms with E-state index in [0.717, 1.165) is 0 Å². The van der Waals surface area contributed by atoms with Gasteiger partial charge >= 0.3 is 6.09 Å². The number of fused-ring (bicyclic) bond motifs is 2. The van der Waals surface area contributed by atoms with Crippen molar-refractivity contribution in [3.63, 3.8) is 0 Å². The topological polar surface area (TPSA) is 67.8 Å². The summed E-state index contributed by atoms with van der Waals surface area (Å²) in [6, 6.07) is 1.63. The van der Waals surface area contributed by atoms with Crippen LogP contribution in [0.4, 0.5) is 15.0 Å². The molecule has 1 saturated heterocycles. The van der Waals surface area contributed by atoms with Crippen molar-refractivity contribution in [1.82, 2.24) is 14.9 Å². The van der Waals surface area contributed by atoms with Gasteiger partial charge in [-0.2, -0.15) is 0 Å². The summed E-state index contributed by atoms with van der Waals surface area (Å²) in [5, 5.41) is 0.568. The highest BCUT2D eigenvalue weighted by Crippen LogP contribution is 2.39. The first-order valence-corrected chi connectivity index (χ1v) is 10.0. The molecule has 7 nitrogen and oxygen atoms in total. The molecule has 0 saturated carbocycles. The number of hydrogen-bond acceptors (Lipinski definition) is 6. The SMILES string of the molecule is CC(C)(C)OC(=O)N1CCN2c3ncnc4c(F)c(Br)cc(c34)OCCC2C1. The molecule has 1 aromatic carbocycles. The minimum Gasteiger partial charge on any atom is -0.493 e. The van der Waals surface area contributed by atoms with Gasteiger partial charge in [0, 0.05) is 26.1 Å². The maximum absolute atomic E-state index is 14.6. The van der Waals surface area contributed by atoms with E-state index >= 15 is 0 Å². The van der Waals surface area contributed by atoms with E-state index in [1.807, 2.05) is 20.8 Å². The van der Waals surface area contributed by atoms with E-state index in [9.17, 15) is 9.18 Å². The summed E-state index contributed by atoms with van der Waals surface area (Å²) < 4.78 is 26.4. The van der Waals surface area contributed by atoms with E-state index in [-0.39, 0.29) is 17.7 Å². The minimum atomic E-state index is -0.541. The van der Waals surface area contributed by atoms with Crippen molar-refractivity contribution in [1.29, 1.82) is 0 Å². The lowest BCUT2D eigenvalue weighted by Crippen LogP contribution is -2.56. The Bertz CT molecular complexity index is 934. The molecule has 0 bridgehead atoms. The Labute approximate surface area is 170 Å². The lowest BCUT2D eigenvalue weighted by Gasteiger charge is -2.43. The van der Waals surface area contributed by atoms with Gasteiger partial charge in [-0.1, -0.05) is 0 Å². The number of rotatable bonds is 0. The van der Waals surface area contributed by atoms with Crippen LogP contribution in [-0.2, 0) is 4.74 Å². The predicted octanol–water partition coefficient (Wildman–Crippen LogP) is 3.74. The summed E-state index contributed by atoms with van der Waals surface area (Å²) >= 11 is 3.23. The fourth-order valence-electron chi connectivity index (χ4n) is 3.64. The van der Waals surface area contributed by atoms with Gasteiger partial charge in [0.15, 0.2) is 5.82 Å². The number of carbonyl (C=O) groups is 1. The van der Waals surface area contributed by atoms with Gasteiger partial charge in [-0.15, -0.1) is 0 Å². The van der Waals surface area contributed by atoms with E-state index in [4.69, 9.17) is 9.47 Å². The van der Waals surface area contributed by atoms with Crippen LogP contribution in [-0.4, -0.2) is 58.8 Å². The van der Waals surface area contributed by atoms with Crippen molar-refractivity contribution in [2.24, 2.45) is 0 Å². The van der Waals surface area contributed by atoms with Crippen LogP contribution in [0.5, 0.6) is 5.75 Å². The molecular weight excluding hydrogens is 431 g/mol. The molecule has 2 aliphatic heterocycles. The molecule has 2 aliphatic rings. The number of nitrogens with zero attached hydrogens (tertiary/aromatic N) is 4. The fourth-order valence-corrected chi connectivity index (χ4v) is 4.04. The zero-order valence-electron chi connectivity index (χ0n) is 16.0. The Balaban J connectivity index is 1.69. The molecule has 0 radical (unpaired) electrons. The Morgan fingerprint density at radius 1 is 1.36 bits per heavy atom. The molecule has 2 aromatic rings. The summed E-state index contributed by atoms with van der Waals surface area (Å²) in [6.07, 6.45) is 1.76. The van der Waals surface area contributed by atoms with Gasteiger partial charge in [0.25, 0.3) is 0 Å². The second-order valence-electron chi connectivity index (χ2n) is 8.00. The Hall–Kier alpha value is -2.16. The van der Waals surface area contributed by atoms with E-state index in [0.29, 0.717) is 54.1 Å². The Morgan fingerprint density at radius 3 is 2.89 bits per heavy atom. The molecule has 1 unspecified atom stereocenters. The summed E-state index contributed by atoms with van der Waals surface area (Å²) in [4.78, 5) is 24.9. The van der Waals surface area contributed by atoms with Gasteiger partial charge in [0.2, 0.25) is 0 Å². The van der Waals surface area contributed by atoms with E-state index < -0.39 is 11.4 Å². The number of aromatic nitrogens is 2. The van der Waals surface area contributed by atoms with Crippen LogP contribution in [0.1, 0.15) is 27.2 Å². The highest BCUT2D eigenvalue weighted by molar-refractivity contribution is 9.10. The average molecular weight is 453 g/mol. The van der Waals surface area contributed by atoms with Crippen LogP contribution >= 0.6 is 15.9 Å². The second kappa shape index (κ2) is 7.02. The molecule has 1 fully saturated rings.